The van der Waals surface area contributed by atoms with Crippen LogP contribution < -0.4 is 26.4 Å². The predicted octanol–water partition coefficient (Wildman–Crippen LogP) is 14.6. The summed E-state index contributed by atoms with van der Waals surface area (Å²) in [6.45, 7) is 0.125. The van der Waals surface area contributed by atoms with Crippen LogP contribution in [0.1, 0.15) is 97.5 Å². The molecular weight excluding hydrogens is 1150 g/mol. The maximum atomic E-state index is 14.2. The first-order valence-electron chi connectivity index (χ1n) is 23.1. The number of carbonyl (C=O) groups excluding carboxylic acids is 2. The summed E-state index contributed by atoms with van der Waals surface area (Å²) in [6.07, 6.45) is -47.8. The van der Waals surface area contributed by atoms with Crippen LogP contribution in [0.25, 0.3) is 0 Å². The van der Waals surface area contributed by atoms with E-state index in [4.69, 9.17) is 4.74 Å². The Morgan fingerprint density at radius 2 is 0.679 bits per heavy atom. The Labute approximate surface area is 440 Å². The summed E-state index contributed by atoms with van der Waals surface area (Å²) in [4.78, 5) is 24.9. The van der Waals surface area contributed by atoms with Crippen LogP contribution in [0.5, 0.6) is 0 Å². The molecule has 1 aliphatic carbocycles. The average Bonchev–Trinajstić information content (AvgIpc) is 3.56. The van der Waals surface area contributed by atoms with Gasteiger partial charge >= 0.3 is 55.4 Å². The largest absolute Gasteiger partial charge is 0.454 e. The number of nitrogens with zero attached hydrogens (tertiary/aromatic N) is 1. The van der Waals surface area contributed by atoms with Crippen molar-refractivity contribution < 1.29 is 124 Å². The van der Waals surface area contributed by atoms with Gasteiger partial charge in [0, 0.05) is 17.7 Å². The lowest BCUT2D eigenvalue weighted by Gasteiger charge is -2.46. The van der Waals surface area contributed by atoms with Gasteiger partial charge in [0.1, 0.15) is 12.2 Å². The van der Waals surface area contributed by atoms with Gasteiger partial charge in [0.05, 0.1) is 44.5 Å². The van der Waals surface area contributed by atoms with E-state index in [0.717, 1.165) is 25.7 Å². The highest BCUT2D eigenvalue weighted by Crippen LogP contribution is 2.41. The zero-order chi connectivity index (χ0) is 60.7. The van der Waals surface area contributed by atoms with Crippen molar-refractivity contribution in [1.29, 1.82) is 0 Å². The molecule has 0 atom stereocenters. The topological polar surface area (TPSA) is 47.2 Å². The van der Waals surface area contributed by atoms with E-state index < -0.39 is 195 Å². The molecule has 1 aromatic heterocycles. The fourth-order valence-electron chi connectivity index (χ4n) is 9.13. The third kappa shape index (κ3) is 15.0. The van der Waals surface area contributed by atoms with Crippen molar-refractivity contribution in [3.05, 3.63) is 183 Å². The Hall–Kier alpha value is -7.23. The Kier molecular flexibility index (Phi) is 17.6. The quantitative estimate of drug-likeness (QED) is 0.0476. The highest BCUT2D eigenvalue weighted by atomic mass is 19.4. The molecule has 6 aromatic rings. The van der Waals surface area contributed by atoms with Crippen LogP contribution in [-0.4, -0.2) is 24.0 Å². The maximum Gasteiger partial charge on any atom is 0.416 e. The maximum absolute atomic E-state index is 14.2. The average molecular weight is 1190 g/mol. The Bertz CT molecular complexity index is 2800. The molecule has 1 heterocycles. The lowest BCUT2D eigenvalue weighted by atomic mass is 9.12. The zero-order valence-electron chi connectivity index (χ0n) is 40.3. The zero-order valence-corrected chi connectivity index (χ0v) is 40.3. The van der Waals surface area contributed by atoms with E-state index in [1.807, 2.05) is 24.3 Å². The number of hydrogen-bond donors (Lipinski definition) is 0. The first kappa shape index (κ1) is 63.0. The molecule has 81 heavy (non-hydrogen) atoms. The number of halogens is 24. The summed E-state index contributed by atoms with van der Waals surface area (Å²) in [7, 11) is 0. The molecule has 5 aromatic carbocycles. The van der Waals surface area contributed by atoms with Gasteiger partial charge in [0.25, 0.3) is 5.69 Å². The Morgan fingerprint density at radius 1 is 0.395 bits per heavy atom. The van der Waals surface area contributed by atoms with Crippen LogP contribution in [0.4, 0.5) is 105 Å². The molecule has 1 fully saturated rings. The van der Waals surface area contributed by atoms with Crippen LogP contribution in [0.15, 0.2) is 128 Å². The van der Waals surface area contributed by atoms with Crippen molar-refractivity contribution >= 4 is 39.7 Å². The second-order valence-electron chi connectivity index (χ2n) is 18.4. The Morgan fingerprint density at radius 3 is 0.963 bits per heavy atom. The first-order chi connectivity index (χ1) is 37.0. The van der Waals surface area contributed by atoms with Crippen molar-refractivity contribution in [2.45, 2.75) is 94.2 Å². The second kappa shape index (κ2) is 22.6. The third-order valence-electron chi connectivity index (χ3n) is 12.8. The number of Topliss-reactive ketones (excluding diaryl/α,β-unsaturated/α-hetero) is 1. The fraction of sp³-hybridized carbons (Fsp3) is 0.288. The van der Waals surface area contributed by atoms with Crippen molar-refractivity contribution in [2.24, 2.45) is 0 Å². The summed E-state index contributed by atoms with van der Waals surface area (Å²) in [5.74, 6) is -0.373. The van der Waals surface area contributed by atoms with E-state index in [1.165, 1.54) is 6.42 Å². The van der Waals surface area contributed by atoms with Gasteiger partial charge in [-0.05, 0) is 56.0 Å². The van der Waals surface area contributed by atoms with Gasteiger partial charge in [-0.1, -0.05) is 85.3 Å². The number of esters is 1. The normalized spacial score (nSPS) is 14.5. The molecule has 436 valence electrons. The van der Waals surface area contributed by atoms with Gasteiger partial charge in [-0.3, -0.25) is 4.79 Å². The van der Waals surface area contributed by atoms with Crippen molar-refractivity contribution in [3.63, 3.8) is 0 Å². The van der Waals surface area contributed by atoms with E-state index >= 15 is 0 Å². The number of pyridine rings is 1. The number of carbonyl (C=O) groups is 2. The summed E-state index contributed by atoms with van der Waals surface area (Å²) in [5.41, 5.74) is -29.1. The molecule has 1 aliphatic rings. The van der Waals surface area contributed by atoms with Gasteiger partial charge in [-0.25, -0.2) is 4.79 Å². The highest BCUT2D eigenvalue weighted by molar-refractivity contribution is 7.20. The van der Waals surface area contributed by atoms with Crippen LogP contribution in [-0.2, 0) is 60.7 Å². The summed E-state index contributed by atoms with van der Waals surface area (Å²) in [6, 6.07) is 5.62. The molecule has 29 heteroatoms. The monoisotopic (exact) mass is 1190 g/mol. The molecule has 7 rings (SSSR count). The number of ether oxygens (including phenoxy) is 1. The van der Waals surface area contributed by atoms with Gasteiger partial charge < -0.3 is 4.74 Å². The minimum Gasteiger partial charge on any atom is -0.454 e. The number of hydrogen-bond acceptors (Lipinski definition) is 3. The van der Waals surface area contributed by atoms with Gasteiger partial charge in [-0.15, -0.1) is 0 Å². The van der Waals surface area contributed by atoms with E-state index in [2.05, 4.69) is 0 Å². The van der Waals surface area contributed by atoms with Gasteiger partial charge in [0.2, 0.25) is 12.3 Å². The number of rotatable bonds is 9. The fourth-order valence-corrected chi connectivity index (χ4v) is 9.13. The smallest absolute Gasteiger partial charge is 0.416 e. The lowest BCUT2D eigenvalue weighted by Crippen LogP contribution is -2.75. The van der Waals surface area contributed by atoms with Crippen molar-refractivity contribution in [3.8, 4) is 0 Å². The number of ketones is 1. The van der Waals surface area contributed by atoms with Crippen LogP contribution in [0, 0.1) is 0 Å². The number of aromatic nitrogens is 1. The van der Waals surface area contributed by atoms with Crippen LogP contribution >= 0.6 is 0 Å². The molecule has 0 radical (unpaired) electrons. The van der Waals surface area contributed by atoms with Crippen LogP contribution in [0.2, 0.25) is 0 Å². The van der Waals surface area contributed by atoms with E-state index in [9.17, 15) is 115 Å². The molecule has 0 aliphatic heterocycles. The lowest BCUT2D eigenvalue weighted by molar-refractivity contribution is -0.685. The first-order valence-corrected chi connectivity index (χ1v) is 23.1. The summed E-state index contributed by atoms with van der Waals surface area (Å²) >= 11 is 0. The highest BCUT2D eigenvalue weighted by Gasteiger charge is 2.47. The molecule has 1 saturated carbocycles. The molecule has 0 spiro atoms. The molecule has 0 N–H and O–H groups in total. The molecule has 0 bridgehead atoms. The van der Waals surface area contributed by atoms with Crippen molar-refractivity contribution in [2.75, 3.05) is 0 Å². The molecule has 4 nitrogen and oxygen atoms in total. The van der Waals surface area contributed by atoms with Crippen LogP contribution in [0.3, 0.4) is 0 Å². The van der Waals surface area contributed by atoms with Gasteiger partial charge in [0.15, 0.2) is 6.20 Å². The Balaban J connectivity index is 0.000000363. The van der Waals surface area contributed by atoms with E-state index in [0.29, 0.717) is 11.3 Å². The predicted molar refractivity (Wildman–Crippen MR) is 240 cm³/mol. The summed E-state index contributed by atoms with van der Waals surface area (Å²) in [5, 5.41) is 0. The van der Waals surface area contributed by atoms with E-state index in [-0.39, 0.29) is 24.4 Å². The molecule has 0 saturated heterocycles. The van der Waals surface area contributed by atoms with Crippen molar-refractivity contribution in [1.82, 2.24) is 0 Å². The SMILES string of the molecule is FC(F)(F)c1cc([B-](c2cc(C(F)(F)F)cc(C(F)(F)F)c2)(c2cc(C(F)(F)F)cc(C(F)(F)F)c2)c2cc(C(F)(F)F)cc(C(F)(F)F)c2)cc(C(F)(F)F)c1.O=C(C[n+]1ccccc1C(=O)OC1CCCCC1)c1ccccc1. The summed E-state index contributed by atoms with van der Waals surface area (Å²) < 4.78 is 348. The molecule has 0 unspecified atom stereocenters. The second-order valence-corrected chi connectivity index (χ2v) is 18.4. The standard InChI is InChI=1S/C32H12BF24.C20H22NO3/c34-25(35,36)13-1-14(26(37,38)39)6-21(5-13)33(22-7-15(27(40,41)42)2-16(8-22)28(43,44)45,23-9-17(29(46,47)48)3-18(10-23)30(49,50)51)24-11-19(31(52,53)54)4-20(12-24)32(55,56)57;22-19(16-9-3-1-4-10-16)15-21-14-8-7-13-18(21)20(23)24-17-11-5-2-6-12-17/h1-12H;1,3-4,7-10,13-14,17H,2,5-6,11-12,15H2/q-1;+1. The minimum absolute atomic E-state index is 0.00438. The van der Waals surface area contributed by atoms with E-state index in [1.54, 1.807) is 35.0 Å². The number of benzene rings is 5. The van der Waals surface area contributed by atoms with Gasteiger partial charge in [-0.2, -0.15) is 132 Å². The molecule has 0 amide bonds. The third-order valence-corrected chi connectivity index (χ3v) is 12.8. The number of alkyl halides is 24. The minimum atomic E-state index is -6.13. The molecular formula is C52H34BF24NO3.